The van der Waals surface area contributed by atoms with Crippen molar-refractivity contribution in [3.05, 3.63) is 23.3 Å². The molecule has 1 fully saturated rings. The second kappa shape index (κ2) is 3.28. The molecule has 1 saturated carbocycles. The Hall–Kier alpha value is 0.0600. The molecule has 0 atom stereocenters. The van der Waals surface area contributed by atoms with Gasteiger partial charge in [-0.3, -0.25) is 0 Å². The van der Waals surface area contributed by atoms with Gasteiger partial charge in [0.05, 0.1) is 0 Å². The predicted octanol–water partition coefficient (Wildman–Crippen LogP) is 2.88. The van der Waals surface area contributed by atoms with Crippen molar-refractivity contribution in [3.63, 3.8) is 0 Å². The first-order valence-corrected chi connectivity index (χ1v) is 2.82. The second-order valence-electron chi connectivity index (χ2n) is 2.33. The van der Waals surface area contributed by atoms with E-state index in [1.807, 2.05) is 0 Å². The SMILES string of the molecule is C1=C2CCC(=C1)C2.Cl.Cl. The van der Waals surface area contributed by atoms with E-state index in [4.69, 9.17) is 0 Å². The smallest absolute Gasteiger partial charge is 0.0102 e. The van der Waals surface area contributed by atoms with E-state index in [0.717, 1.165) is 0 Å². The van der Waals surface area contributed by atoms with Gasteiger partial charge in [-0.2, -0.15) is 0 Å². The van der Waals surface area contributed by atoms with Crippen LogP contribution >= 0.6 is 24.8 Å². The summed E-state index contributed by atoms with van der Waals surface area (Å²) < 4.78 is 0. The lowest BCUT2D eigenvalue weighted by atomic mass is 10.2. The highest BCUT2D eigenvalue weighted by Crippen LogP contribution is 2.34. The van der Waals surface area contributed by atoms with Crippen LogP contribution in [0.1, 0.15) is 19.3 Å². The van der Waals surface area contributed by atoms with Gasteiger partial charge in [0.25, 0.3) is 0 Å². The van der Waals surface area contributed by atoms with Crippen molar-refractivity contribution < 1.29 is 0 Å². The Bertz CT molecular complexity index is 138. The molecule has 0 nitrogen and oxygen atoms in total. The molecule has 0 unspecified atom stereocenters. The van der Waals surface area contributed by atoms with Crippen LogP contribution in [-0.2, 0) is 0 Å². The van der Waals surface area contributed by atoms with E-state index in [-0.39, 0.29) is 24.8 Å². The highest BCUT2D eigenvalue weighted by atomic mass is 35.5. The highest BCUT2D eigenvalue weighted by Gasteiger charge is 2.14. The quantitative estimate of drug-likeness (QED) is 0.517. The molecule has 2 heteroatoms. The Labute approximate surface area is 67.8 Å². The van der Waals surface area contributed by atoms with E-state index in [1.54, 1.807) is 11.1 Å². The van der Waals surface area contributed by atoms with Crippen LogP contribution in [-0.4, -0.2) is 0 Å². The molecule has 0 radical (unpaired) electrons. The Kier molecular flexibility index (Phi) is 3.31. The third-order valence-corrected chi connectivity index (χ3v) is 1.78. The summed E-state index contributed by atoms with van der Waals surface area (Å²) in [5.74, 6) is 0. The first-order valence-electron chi connectivity index (χ1n) is 2.82. The zero-order valence-corrected chi connectivity index (χ0v) is 6.73. The molecule has 0 N–H and O–H groups in total. The molecule has 2 rings (SSSR count). The second-order valence-corrected chi connectivity index (χ2v) is 2.33. The van der Waals surface area contributed by atoms with Crippen molar-refractivity contribution in [1.29, 1.82) is 0 Å². The monoisotopic (exact) mass is 164 g/mol. The molecule has 52 valence electrons. The summed E-state index contributed by atoms with van der Waals surface area (Å²) in [5.41, 5.74) is 3.30. The Morgan fingerprint density at radius 2 is 1.33 bits per heavy atom. The van der Waals surface area contributed by atoms with E-state index in [1.165, 1.54) is 19.3 Å². The van der Waals surface area contributed by atoms with Gasteiger partial charge in [0.1, 0.15) is 0 Å². The normalized spacial score (nSPS) is 19.6. The van der Waals surface area contributed by atoms with Crippen LogP contribution in [0.15, 0.2) is 23.3 Å². The maximum absolute atomic E-state index is 2.26. The summed E-state index contributed by atoms with van der Waals surface area (Å²) in [5, 5.41) is 0. The molecule has 0 heterocycles. The summed E-state index contributed by atoms with van der Waals surface area (Å²) in [6.07, 6.45) is 8.54. The summed E-state index contributed by atoms with van der Waals surface area (Å²) in [6, 6.07) is 0. The summed E-state index contributed by atoms with van der Waals surface area (Å²) in [6.45, 7) is 0. The average Bonchev–Trinajstić information content (AvgIpc) is 2.22. The molecule has 0 amide bonds. The lowest BCUT2D eigenvalue weighted by molar-refractivity contribution is 1.04. The zero-order chi connectivity index (χ0) is 4.69. The molecular weight excluding hydrogens is 155 g/mol. The van der Waals surface area contributed by atoms with Crippen molar-refractivity contribution in [2.24, 2.45) is 0 Å². The van der Waals surface area contributed by atoms with Crippen LogP contribution < -0.4 is 0 Å². The molecule has 0 spiro atoms. The number of hydrogen-bond donors (Lipinski definition) is 0. The lowest BCUT2D eigenvalue weighted by Crippen LogP contribution is -1.67. The molecule has 0 aromatic rings. The summed E-state index contributed by atoms with van der Waals surface area (Å²) in [7, 11) is 0. The van der Waals surface area contributed by atoms with Gasteiger partial charge in [0, 0.05) is 0 Å². The fourth-order valence-electron chi connectivity index (χ4n) is 1.31. The predicted molar refractivity (Wildman–Crippen MR) is 44.5 cm³/mol. The summed E-state index contributed by atoms with van der Waals surface area (Å²) in [4.78, 5) is 0. The minimum Gasteiger partial charge on any atom is -0.147 e. The molecule has 2 bridgehead atoms. The summed E-state index contributed by atoms with van der Waals surface area (Å²) >= 11 is 0. The number of allylic oxidation sites excluding steroid dienone is 4. The van der Waals surface area contributed by atoms with Gasteiger partial charge in [0.15, 0.2) is 0 Å². The molecular formula is C7H10Cl2. The van der Waals surface area contributed by atoms with Gasteiger partial charge >= 0.3 is 0 Å². The molecule has 0 aromatic heterocycles. The minimum absolute atomic E-state index is 0. The van der Waals surface area contributed by atoms with Gasteiger partial charge in [0.2, 0.25) is 0 Å². The molecule has 2 aliphatic carbocycles. The molecule has 9 heavy (non-hydrogen) atoms. The van der Waals surface area contributed by atoms with Crippen LogP contribution in [0, 0.1) is 0 Å². The van der Waals surface area contributed by atoms with E-state index >= 15 is 0 Å². The van der Waals surface area contributed by atoms with E-state index in [0.29, 0.717) is 0 Å². The van der Waals surface area contributed by atoms with Gasteiger partial charge in [-0.25, -0.2) is 0 Å². The molecule has 0 aliphatic heterocycles. The zero-order valence-electron chi connectivity index (χ0n) is 5.09. The van der Waals surface area contributed by atoms with E-state index in [2.05, 4.69) is 12.2 Å². The first kappa shape index (κ1) is 9.06. The number of halogens is 2. The largest absolute Gasteiger partial charge is 0.147 e. The van der Waals surface area contributed by atoms with Crippen molar-refractivity contribution >= 4 is 24.8 Å². The molecule has 2 aliphatic rings. The molecule has 0 aromatic carbocycles. The number of fused-ring (bicyclic) bond motifs is 2. The number of hydrogen-bond acceptors (Lipinski definition) is 0. The van der Waals surface area contributed by atoms with E-state index in [9.17, 15) is 0 Å². The maximum atomic E-state index is 2.26. The first-order chi connectivity index (χ1) is 3.45. The third kappa shape index (κ3) is 1.50. The van der Waals surface area contributed by atoms with E-state index < -0.39 is 0 Å². The van der Waals surface area contributed by atoms with Gasteiger partial charge < -0.3 is 0 Å². The fourth-order valence-corrected chi connectivity index (χ4v) is 1.31. The van der Waals surface area contributed by atoms with Gasteiger partial charge in [-0.1, -0.05) is 23.3 Å². The van der Waals surface area contributed by atoms with Crippen LogP contribution in [0.25, 0.3) is 0 Å². The van der Waals surface area contributed by atoms with Crippen LogP contribution in [0.4, 0.5) is 0 Å². The average molecular weight is 165 g/mol. The van der Waals surface area contributed by atoms with Crippen molar-refractivity contribution in [3.8, 4) is 0 Å². The van der Waals surface area contributed by atoms with Crippen LogP contribution in [0.3, 0.4) is 0 Å². The van der Waals surface area contributed by atoms with Crippen LogP contribution in [0.2, 0.25) is 0 Å². The molecule has 0 saturated heterocycles. The highest BCUT2D eigenvalue weighted by molar-refractivity contribution is 5.85. The van der Waals surface area contributed by atoms with Crippen molar-refractivity contribution in [1.82, 2.24) is 0 Å². The maximum Gasteiger partial charge on any atom is -0.0102 e. The third-order valence-electron chi connectivity index (χ3n) is 1.78. The van der Waals surface area contributed by atoms with Crippen LogP contribution in [0.5, 0.6) is 0 Å². The standard InChI is InChI=1S/C7H8.2ClH/c1-2-7-4-3-6(1)5-7;;/h1-2H,3-5H2;2*1H. The minimum atomic E-state index is 0. The Morgan fingerprint density at radius 1 is 0.889 bits per heavy atom. The Balaban J connectivity index is 0.000000320. The Morgan fingerprint density at radius 3 is 1.44 bits per heavy atom. The van der Waals surface area contributed by atoms with Gasteiger partial charge in [-0.15, -0.1) is 24.8 Å². The van der Waals surface area contributed by atoms with Gasteiger partial charge in [-0.05, 0) is 19.3 Å². The number of rotatable bonds is 0. The lowest BCUT2D eigenvalue weighted by Gasteiger charge is -1.87. The fraction of sp³-hybridized carbons (Fsp3) is 0.429. The van der Waals surface area contributed by atoms with Crippen molar-refractivity contribution in [2.75, 3.05) is 0 Å². The topological polar surface area (TPSA) is 0 Å². The van der Waals surface area contributed by atoms with Crippen molar-refractivity contribution in [2.45, 2.75) is 19.3 Å².